The van der Waals surface area contributed by atoms with Gasteiger partial charge in [0.1, 0.15) is 0 Å². The zero-order valence-corrected chi connectivity index (χ0v) is 12.6. The normalized spacial score (nSPS) is 14.0. The molecule has 2 aromatic rings. The van der Waals surface area contributed by atoms with E-state index in [-0.39, 0.29) is 5.78 Å². The van der Waals surface area contributed by atoms with Crippen molar-refractivity contribution in [3.05, 3.63) is 41.7 Å². The molecule has 0 aromatic carbocycles. The van der Waals surface area contributed by atoms with Crippen molar-refractivity contribution < 1.29 is 4.79 Å². The summed E-state index contributed by atoms with van der Waals surface area (Å²) in [7, 11) is 0. The Balaban J connectivity index is 1.95. The summed E-state index contributed by atoms with van der Waals surface area (Å²) in [4.78, 5) is 16.6. The fraction of sp³-hybridized carbons (Fsp3) is 0.308. The maximum atomic E-state index is 12.3. The molecule has 4 heteroatoms. The Morgan fingerprint density at radius 2 is 2.00 bits per heavy atom. The number of rotatable bonds is 2. The summed E-state index contributed by atoms with van der Waals surface area (Å²) in [5.41, 5.74) is 1.39. The predicted octanol–water partition coefficient (Wildman–Crippen LogP) is 4.60. The van der Waals surface area contributed by atoms with Gasteiger partial charge in [0.25, 0.3) is 0 Å². The molecular weight excluding hydrogens is 316 g/mol. The van der Waals surface area contributed by atoms with E-state index in [9.17, 15) is 4.79 Å². The molecule has 0 aliphatic heterocycles. The zero-order valence-electron chi connectivity index (χ0n) is 9.38. The van der Waals surface area contributed by atoms with Crippen molar-refractivity contribution in [1.82, 2.24) is 0 Å². The zero-order chi connectivity index (χ0) is 12.0. The molecule has 0 fully saturated rings. The van der Waals surface area contributed by atoms with Crippen LogP contribution in [0.25, 0.3) is 0 Å². The fourth-order valence-corrected chi connectivity index (χ4v) is 4.90. The lowest BCUT2D eigenvalue weighted by atomic mass is 10.2. The van der Waals surface area contributed by atoms with E-state index >= 15 is 0 Å². The van der Waals surface area contributed by atoms with Gasteiger partial charge in [-0.25, -0.2) is 0 Å². The van der Waals surface area contributed by atoms with Gasteiger partial charge in [0, 0.05) is 14.2 Å². The van der Waals surface area contributed by atoms with Crippen molar-refractivity contribution in [3.63, 3.8) is 0 Å². The number of thiophene rings is 2. The van der Waals surface area contributed by atoms with Crippen LogP contribution in [0.1, 0.15) is 36.3 Å². The van der Waals surface area contributed by atoms with Crippen molar-refractivity contribution in [3.8, 4) is 0 Å². The minimum atomic E-state index is 0.184. The average Bonchev–Trinajstić information content (AvgIpc) is 2.92. The highest BCUT2D eigenvalue weighted by molar-refractivity contribution is 9.10. The summed E-state index contributed by atoms with van der Waals surface area (Å²) < 4.78 is 1.04. The molecule has 2 heterocycles. The third kappa shape index (κ3) is 2.02. The lowest BCUT2D eigenvalue weighted by Gasteiger charge is -1.92. The van der Waals surface area contributed by atoms with Crippen LogP contribution in [0.3, 0.4) is 0 Å². The summed E-state index contributed by atoms with van der Waals surface area (Å²) in [5, 5.41) is 0. The van der Waals surface area contributed by atoms with Crippen molar-refractivity contribution in [1.29, 1.82) is 0 Å². The number of ketones is 1. The second-order valence-electron chi connectivity index (χ2n) is 4.26. The molecule has 0 radical (unpaired) electrons. The predicted molar refractivity (Wildman–Crippen MR) is 76.5 cm³/mol. The summed E-state index contributed by atoms with van der Waals surface area (Å²) in [6, 6.07) is 4.03. The van der Waals surface area contributed by atoms with Gasteiger partial charge in [-0.1, -0.05) is 0 Å². The van der Waals surface area contributed by atoms with Gasteiger partial charge in [0.15, 0.2) is 0 Å². The molecular formula is C13H11BrOS2. The van der Waals surface area contributed by atoms with Crippen LogP contribution in [-0.2, 0) is 12.8 Å². The monoisotopic (exact) mass is 326 g/mol. The van der Waals surface area contributed by atoms with E-state index < -0.39 is 0 Å². The van der Waals surface area contributed by atoms with Crippen molar-refractivity contribution >= 4 is 44.4 Å². The molecule has 17 heavy (non-hydrogen) atoms. The molecule has 2 aromatic heterocycles. The highest BCUT2D eigenvalue weighted by Crippen LogP contribution is 2.34. The SMILES string of the molecule is Cc1sc(C(=O)c2cc3c(s2)CCC3)cc1Br. The number of hydrogen-bond donors (Lipinski definition) is 0. The average molecular weight is 327 g/mol. The maximum absolute atomic E-state index is 12.3. The van der Waals surface area contributed by atoms with Gasteiger partial charge in [-0.3, -0.25) is 4.79 Å². The van der Waals surface area contributed by atoms with Crippen LogP contribution < -0.4 is 0 Å². The van der Waals surface area contributed by atoms with Crippen molar-refractivity contribution in [2.24, 2.45) is 0 Å². The molecule has 0 saturated carbocycles. The first kappa shape index (κ1) is 11.6. The molecule has 0 spiro atoms. The standard InChI is InChI=1S/C13H11BrOS2/c1-7-9(14)6-12(16-7)13(15)11-5-8-3-2-4-10(8)17-11/h5-6H,2-4H2,1H3. The van der Waals surface area contributed by atoms with Crippen LogP contribution in [0.4, 0.5) is 0 Å². The van der Waals surface area contributed by atoms with Crippen molar-refractivity contribution in [2.45, 2.75) is 26.2 Å². The minimum Gasteiger partial charge on any atom is -0.287 e. The second kappa shape index (κ2) is 4.34. The fourth-order valence-electron chi connectivity index (χ4n) is 2.13. The Bertz CT molecular complexity index is 554. The summed E-state index contributed by atoms with van der Waals surface area (Å²) >= 11 is 6.71. The Hall–Kier alpha value is -0.450. The number of fused-ring (bicyclic) bond motifs is 1. The molecule has 0 bridgehead atoms. The summed E-state index contributed by atoms with van der Waals surface area (Å²) in [5.74, 6) is 0.184. The quantitative estimate of drug-likeness (QED) is 0.737. The Morgan fingerprint density at radius 1 is 1.24 bits per heavy atom. The van der Waals surface area contributed by atoms with Gasteiger partial charge in [-0.05, 0) is 59.8 Å². The second-order valence-corrected chi connectivity index (χ2v) is 7.50. The molecule has 0 N–H and O–H groups in total. The molecule has 1 nitrogen and oxygen atoms in total. The van der Waals surface area contributed by atoms with Crippen LogP contribution in [0.2, 0.25) is 0 Å². The van der Waals surface area contributed by atoms with E-state index in [0.29, 0.717) is 0 Å². The van der Waals surface area contributed by atoms with E-state index in [4.69, 9.17) is 0 Å². The molecule has 0 saturated heterocycles. The van der Waals surface area contributed by atoms with Gasteiger partial charge < -0.3 is 0 Å². The number of carbonyl (C=O) groups is 1. The van der Waals surface area contributed by atoms with E-state index in [0.717, 1.165) is 31.9 Å². The highest BCUT2D eigenvalue weighted by Gasteiger charge is 2.20. The smallest absolute Gasteiger partial charge is 0.212 e. The lowest BCUT2D eigenvalue weighted by molar-refractivity contribution is 0.104. The Labute approximate surface area is 117 Å². The van der Waals surface area contributed by atoms with E-state index in [2.05, 4.69) is 22.0 Å². The van der Waals surface area contributed by atoms with Gasteiger partial charge >= 0.3 is 0 Å². The lowest BCUT2D eigenvalue weighted by Crippen LogP contribution is -1.94. The van der Waals surface area contributed by atoms with Gasteiger partial charge in [-0.15, -0.1) is 22.7 Å². The van der Waals surface area contributed by atoms with E-state index in [1.54, 1.807) is 22.7 Å². The van der Waals surface area contributed by atoms with Gasteiger partial charge in [0.2, 0.25) is 5.78 Å². The largest absolute Gasteiger partial charge is 0.287 e. The van der Waals surface area contributed by atoms with E-state index in [1.807, 2.05) is 13.0 Å². The molecule has 88 valence electrons. The molecule has 0 atom stereocenters. The first-order valence-electron chi connectivity index (χ1n) is 5.57. The van der Waals surface area contributed by atoms with Crippen LogP contribution in [0.5, 0.6) is 0 Å². The van der Waals surface area contributed by atoms with Crippen LogP contribution in [0.15, 0.2) is 16.6 Å². The summed E-state index contributed by atoms with van der Waals surface area (Å²) in [6.07, 6.45) is 3.55. The van der Waals surface area contributed by atoms with E-state index in [1.165, 1.54) is 16.9 Å². The number of hydrogen-bond acceptors (Lipinski definition) is 3. The first-order valence-corrected chi connectivity index (χ1v) is 8.00. The van der Waals surface area contributed by atoms with Gasteiger partial charge in [0.05, 0.1) is 9.75 Å². The number of carbonyl (C=O) groups excluding carboxylic acids is 1. The van der Waals surface area contributed by atoms with Gasteiger partial charge in [-0.2, -0.15) is 0 Å². The minimum absolute atomic E-state index is 0.184. The first-order chi connectivity index (χ1) is 8.15. The van der Waals surface area contributed by atoms with Crippen LogP contribution >= 0.6 is 38.6 Å². The molecule has 3 rings (SSSR count). The maximum Gasteiger partial charge on any atom is 0.212 e. The van der Waals surface area contributed by atoms with Crippen LogP contribution in [0, 0.1) is 6.92 Å². The molecule has 0 unspecified atom stereocenters. The highest BCUT2D eigenvalue weighted by atomic mass is 79.9. The Kier molecular flexibility index (Phi) is 2.97. The summed E-state index contributed by atoms with van der Waals surface area (Å²) in [6.45, 7) is 2.03. The molecule has 1 aliphatic rings. The molecule has 0 amide bonds. The third-order valence-corrected chi connectivity index (χ3v) is 6.42. The topological polar surface area (TPSA) is 17.1 Å². The third-order valence-electron chi connectivity index (χ3n) is 3.05. The van der Waals surface area contributed by atoms with Crippen molar-refractivity contribution in [2.75, 3.05) is 0 Å². The number of aryl methyl sites for hydroxylation is 3. The molecule has 1 aliphatic carbocycles. The number of halogens is 1. The van der Waals surface area contributed by atoms with Crippen LogP contribution in [-0.4, -0.2) is 5.78 Å². The Morgan fingerprint density at radius 3 is 2.65 bits per heavy atom.